The second-order valence-corrected chi connectivity index (χ2v) is 3.16. The van der Waals surface area contributed by atoms with Crippen LogP contribution in [0.1, 0.15) is 13.8 Å². The van der Waals surface area contributed by atoms with E-state index in [4.69, 9.17) is 4.74 Å². The van der Waals surface area contributed by atoms with Crippen LogP contribution >= 0.6 is 0 Å². The van der Waals surface area contributed by atoms with Crippen molar-refractivity contribution >= 4 is 0 Å². The molecule has 0 atom stereocenters. The molecule has 0 amide bonds. The van der Waals surface area contributed by atoms with Crippen LogP contribution in [0.25, 0.3) is 0 Å². The third-order valence-electron chi connectivity index (χ3n) is 1.41. The van der Waals surface area contributed by atoms with E-state index in [0.29, 0.717) is 0 Å². The molecule has 14 heavy (non-hydrogen) atoms. The quantitative estimate of drug-likeness (QED) is 0.519. The van der Waals surface area contributed by atoms with Crippen LogP contribution in [0.4, 0.5) is 17.6 Å². The number of alkyl halides is 4. The number of nitrogens with one attached hydrogen (secondary N) is 1. The zero-order chi connectivity index (χ0) is 11.2. The van der Waals surface area contributed by atoms with E-state index in [1.807, 2.05) is 0 Å². The van der Waals surface area contributed by atoms with Crippen LogP contribution in [-0.2, 0) is 4.74 Å². The molecule has 0 aliphatic carbocycles. The van der Waals surface area contributed by atoms with Crippen LogP contribution in [-0.4, -0.2) is 38.1 Å². The van der Waals surface area contributed by atoms with Crippen molar-refractivity contribution in [2.24, 2.45) is 0 Å². The second-order valence-electron chi connectivity index (χ2n) is 3.16. The number of rotatable bonds is 7. The highest BCUT2D eigenvalue weighted by Crippen LogP contribution is 2.21. The van der Waals surface area contributed by atoms with Gasteiger partial charge in [0.1, 0.15) is 0 Å². The van der Waals surface area contributed by atoms with Crippen molar-refractivity contribution in [2.75, 3.05) is 19.7 Å². The summed E-state index contributed by atoms with van der Waals surface area (Å²) in [5.74, 6) is -3.96. The zero-order valence-electron chi connectivity index (χ0n) is 8.20. The number of halogens is 4. The maximum absolute atomic E-state index is 12.3. The molecule has 0 aromatic carbocycles. The van der Waals surface area contributed by atoms with Gasteiger partial charge in [-0.15, -0.1) is 0 Å². The van der Waals surface area contributed by atoms with Crippen LogP contribution in [0.2, 0.25) is 0 Å². The van der Waals surface area contributed by atoms with Crippen molar-refractivity contribution in [2.45, 2.75) is 32.3 Å². The predicted molar refractivity (Wildman–Crippen MR) is 44.9 cm³/mol. The molecule has 0 aliphatic heterocycles. The minimum absolute atomic E-state index is 0.00686. The molecular formula is C8H15F4NO. The molecule has 0 bridgehead atoms. The molecule has 0 saturated carbocycles. The first kappa shape index (κ1) is 13.6. The molecule has 0 aromatic rings. The third-order valence-corrected chi connectivity index (χ3v) is 1.41. The molecule has 1 N–H and O–H groups in total. The van der Waals surface area contributed by atoms with E-state index in [-0.39, 0.29) is 19.3 Å². The van der Waals surface area contributed by atoms with Gasteiger partial charge >= 0.3 is 12.3 Å². The van der Waals surface area contributed by atoms with E-state index < -0.39 is 18.9 Å². The Bertz CT molecular complexity index is 152. The highest BCUT2D eigenvalue weighted by molar-refractivity contribution is 4.71. The summed E-state index contributed by atoms with van der Waals surface area (Å²) in [6, 6.07) is 0. The lowest BCUT2D eigenvalue weighted by atomic mass is 10.3. The lowest BCUT2D eigenvalue weighted by molar-refractivity contribution is -0.125. The Morgan fingerprint density at radius 1 is 1.29 bits per heavy atom. The molecule has 0 unspecified atom stereocenters. The molecule has 2 nitrogen and oxygen atoms in total. The summed E-state index contributed by atoms with van der Waals surface area (Å²) < 4.78 is 52.8. The lowest BCUT2D eigenvalue weighted by Gasteiger charge is -2.16. The monoisotopic (exact) mass is 217 g/mol. The van der Waals surface area contributed by atoms with Gasteiger partial charge in [-0.3, -0.25) is 0 Å². The Morgan fingerprint density at radius 3 is 2.29 bits per heavy atom. The van der Waals surface area contributed by atoms with Crippen LogP contribution in [0, 0.1) is 0 Å². The minimum atomic E-state index is -3.96. The van der Waals surface area contributed by atoms with E-state index in [9.17, 15) is 17.6 Å². The van der Waals surface area contributed by atoms with Gasteiger partial charge in [-0.25, -0.2) is 8.78 Å². The molecular weight excluding hydrogens is 202 g/mol. The fourth-order valence-electron chi connectivity index (χ4n) is 0.699. The second kappa shape index (κ2) is 6.19. The van der Waals surface area contributed by atoms with Gasteiger partial charge in [-0.2, -0.15) is 8.78 Å². The van der Waals surface area contributed by atoms with Gasteiger partial charge in [-0.1, -0.05) is 0 Å². The number of hydrogen-bond donors (Lipinski definition) is 1. The Hall–Kier alpha value is -0.360. The van der Waals surface area contributed by atoms with Crippen molar-refractivity contribution < 1.29 is 22.3 Å². The molecule has 86 valence electrons. The summed E-state index contributed by atoms with van der Waals surface area (Å²) in [5.41, 5.74) is 0. The number of ether oxygens (including phenoxy) is 1. The SMILES string of the molecule is CC(C)OCCNCC(F)(F)C(F)F. The van der Waals surface area contributed by atoms with Crippen molar-refractivity contribution in [1.29, 1.82) is 0 Å². The summed E-state index contributed by atoms with van der Waals surface area (Å²) in [6.07, 6.45) is -3.62. The molecule has 0 aromatic heterocycles. The first-order valence-electron chi connectivity index (χ1n) is 4.34. The van der Waals surface area contributed by atoms with Gasteiger partial charge in [0, 0.05) is 6.54 Å². The molecule has 0 spiro atoms. The Kier molecular flexibility index (Phi) is 6.03. The van der Waals surface area contributed by atoms with Gasteiger partial charge in [0.25, 0.3) is 0 Å². The minimum Gasteiger partial charge on any atom is -0.377 e. The molecule has 0 saturated heterocycles. The largest absolute Gasteiger partial charge is 0.377 e. The zero-order valence-corrected chi connectivity index (χ0v) is 8.20. The normalized spacial score (nSPS) is 12.9. The standard InChI is InChI=1S/C8H15F4NO/c1-6(2)14-4-3-13-5-8(11,12)7(9)10/h6-7,13H,3-5H2,1-2H3. The smallest absolute Gasteiger partial charge is 0.319 e. The fraction of sp³-hybridized carbons (Fsp3) is 1.00. The summed E-state index contributed by atoms with van der Waals surface area (Å²) >= 11 is 0. The van der Waals surface area contributed by atoms with Gasteiger partial charge in [0.15, 0.2) is 0 Å². The van der Waals surface area contributed by atoms with Gasteiger partial charge in [0.2, 0.25) is 0 Å². The lowest BCUT2D eigenvalue weighted by Crippen LogP contribution is -2.40. The van der Waals surface area contributed by atoms with Crippen LogP contribution in [0.3, 0.4) is 0 Å². The van der Waals surface area contributed by atoms with E-state index in [1.54, 1.807) is 13.8 Å². The van der Waals surface area contributed by atoms with E-state index in [1.165, 1.54) is 0 Å². The first-order chi connectivity index (χ1) is 6.36. The van der Waals surface area contributed by atoms with E-state index in [0.717, 1.165) is 0 Å². The third kappa shape index (κ3) is 6.15. The van der Waals surface area contributed by atoms with Gasteiger partial charge < -0.3 is 10.1 Å². The highest BCUT2D eigenvalue weighted by atomic mass is 19.3. The van der Waals surface area contributed by atoms with E-state index in [2.05, 4.69) is 5.32 Å². The van der Waals surface area contributed by atoms with Crippen molar-refractivity contribution in [3.63, 3.8) is 0 Å². The molecule has 0 radical (unpaired) electrons. The Balaban J connectivity index is 3.45. The maximum atomic E-state index is 12.3. The molecule has 0 fully saturated rings. The Morgan fingerprint density at radius 2 is 1.86 bits per heavy atom. The predicted octanol–water partition coefficient (Wildman–Crippen LogP) is 1.90. The highest BCUT2D eigenvalue weighted by Gasteiger charge is 2.39. The van der Waals surface area contributed by atoms with Crippen LogP contribution in [0.5, 0.6) is 0 Å². The fourth-order valence-corrected chi connectivity index (χ4v) is 0.699. The van der Waals surface area contributed by atoms with Gasteiger partial charge in [0.05, 0.1) is 19.3 Å². The number of hydrogen-bond acceptors (Lipinski definition) is 2. The molecule has 0 rings (SSSR count). The summed E-state index contributed by atoms with van der Waals surface area (Å²) in [6.45, 7) is 2.95. The van der Waals surface area contributed by atoms with Crippen molar-refractivity contribution in [1.82, 2.24) is 5.32 Å². The van der Waals surface area contributed by atoms with Crippen molar-refractivity contribution in [3.8, 4) is 0 Å². The maximum Gasteiger partial charge on any atom is 0.319 e. The van der Waals surface area contributed by atoms with Crippen LogP contribution < -0.4 is 5.32 Å². The summed E-state index contributed by atoms with van der Waals surface area (Å²) in [4.78, 5) is 0. The molecule has 0 heterocycles. The average molecular weight is 217 g/mol. The average Bonchev–Trinajstić information content (AvgIpc) is 2.02. The summed E-state index contributed by atoms with van der Waals surface area (Å²) in [7, 11) is 0. The topological polar surface area (TPSA) is 21.3 Å². The molecule has 6 heteroatoms. The summed E-state index contributed by atoms with van der Waals surface area (Å²) in [5, 5.41) is 2.21. The van der Waals surface area contributed by atoms with Crippen molar-refractivity contribution in [3.05, 3.63) is 0 Å². The van der Waals surface area contributed by atoms with E-state index >= 15 is 0 Å². The first-order valence-corrected chi connectivity index (χ1v) is 4.34. The van der Waals surface area contributed by atoms with Crippen LogP contribution in [0.15, 0.2) is 0 Å². The molecule has 0 aliphatic rings. The van der Waals surface area contributed by atoms with Gasteiger partial charge in [-0.05, 0) is 13.8 Å². The Labute approximate surface area is 80.6 Å².